The molecule has 0 bridgehead atoms. The molecule has 80 valence electrons. The smallest absolute Gasteiger partial charge is 0.322 e. The van der Waals surface area contributed by atoms with Crippen molar-refractivity contribution in [3.8, 4) is 0 Å². The van der Waals surface area contributed by atoms with Crippen LogP contribution in [-0.4, -0.2) is 23.5 Å². The van der Waals surface area contributed by atoms with Gasteiger partial charge in [-0.05, 0) is 12.8 Å². The van der Waals surface area contributed by atoms with Gasteiger partial charge in [-0.1, -0.05) is 26.3 Å². The van der Waals surface area contributed by atoms with Crippen LogP contribution in [0, 0.1) is 0 Å². The van der Waals surface area contributed by atoms with E-state index >= 15 is 0 Å². The summed E-state index contributed by atoms with van der Waals surface area (Å²) in [5.41, 5.74) is 0.677. The first-order valence-corrected chi connectivity index (χ1v) is 4.80. The maximum absolute atomic E-state index is 11.4. The number of hydrogen-bond acceptors (Lipinski definition) is 2. The third kappa shape index (κ3) is 5.35. The van der Waals surface area contributed by atoms with Crippen LogP contribution in [0.3, 0.4) is 0 Å². The zero-order chi connectivity index (χ0) is 11.0. The van der Waals surface area contributed by atoms with Crippen molar-refractivity contribution in [3.63, 3.8) is 0 Å². The summed E-state index contributed by atoms with van der Waals surface area (Å²) < 4.78 is 0. The number of carboxylic acids is 1. The highest BCUT2D eigenvalue weighted by atomic mass is 16.4. The average molecular weight is 199 g/mol. The Kier molecular flexibility index (Phi) is 6.45. The second-order valence-corrected chi connectivity index (χ2v) is 2.96. The lowest BCUT2D eigenvalue weighted by molar-refractivity contribution is -0.137. The fourth-order valence-corrected chi connectivity index (χ4v) is 1.09. The molecule has 0 aromatic rings. The minimum absolute atomic E-state index is 0.267. The molecule has 1 amide bonds. The Morgan fingerprint density at radius 2 is 2.00 bits per heavy atom. The summed E-state index contributed by atoms with van der Waals surface area (Å²) in [6.45, 7) is 3.61. The van der Waals surface area contributed by atoms with Crippen LogP contribution in [0.15, 0.2) is 11.6 Å². The van der Waals surface area contributed by atoms with E-state index in [1.54, 1.807) is 0 Å². The molecule has 0 unspecified atom stereocenters. The number of carbonyl (C=O) groups excluding carboxylic acids is 1. The van der Waals surface area contributed by atoms with E-state index in [9.17, 15) is 9.59 Å². The second kappa shape index (κ2) is 7.12. The monoisotopic (exact) mass is 199 g/mol. The molecule has 0 fully saturated rings. The van der Waals surface area contributed by atoms with E-state index in [2.05, 4.69) is 5.32 Å². The molecule has 0 atom stereocenters. The zero-order valence-electron chi connectivity index (χ0n) is 8.67. The molecule has 0 aromatic carbocycles. The molecule has 0 radical (unpaired) electrons. The summed E-state index contributed by atoms with van der Waals surface area (Å²) in [5.74, 6) is -1.29. The van der Waals surface area contributed by atoms with E-state index in [-0.39, 0.29) is 12.5 Å². The molecule has 14 heavy (non-hydrogen) atoms. The minimum atomic E-state index is -1.02. The first kappa shape index (κ1) is 12.7. The van der Waals surface area contributed by atoms with Gasteiger partial charge in [0.05, 0.1) is 0 Å². The molecule has 0 aromatic heterocycles. The van der Waals surface area contributed by atoms with E-state index in [4.69, 9.17) is 5.11 Å². The normalized spacial score (nSPS) is 11.1. The quantitative estimate of drug-likeness (QED) is 0.634. The Hall–Kier alpha value is -1.32. The third-order valence-electron chi connectivity index (χ3n) is 1.66. The molecule has 0 saturated carbocycles. The lowest BCUT2D eigenvalue weighted by Crippen LogP contribution is -2.30. The van der Waals surface area contributed by atoms with Crippen molar-refractivity contribution in [1.82, 2.24) is 5.32 Å². The Balaban J connectivity index is 4.15. The van der Waals surface area contributed by atoms with Crippen LogP contribution < -0.4 is 5.32 Å². The number of carboxylic acid groups (broad SMARTS) is 1. The summed E-state index contributed by atoms with van der Waals surface area (Å²) in [6.07, 6.45) is 4.20. The Bertz CT molecular complexity index is 234. The molecule has 2 N–H and O–H groups in total. The molecule has 0 rings (SSSR count). The highest BCUT2D eigenvalue weighted by molar-refractivity contribution is 5.94. The summed E-state index contributed by atoms with van der Waals surface area (Å²) in [4.78, 5) is 21.6. The fraction of sp³-hybridized carbons (Fsp3) is 0.600. The summed E-state index contributed by atoms with van der Waals surface area (Å²) in [5, 5.41) is 10.7. The van der Waals surface area contributed by atoms with Gasteiger partial charge in [0.2, 0.25) is 5.91 Å². The van der Waals surface area contributed by atoms with Crippen LogP contribution in [0.5, 0.6) is 0 Å². The van der Waals surface area contributed by atoms with Gasteiger partial charge >= 0.3 is 5.97 Å². The number of allylic oxidation sites excluding steroid dienone is 1. The van der Waals surface area contributed by atoms with Crippen molar-refractivity contribution in [1.29, 1.82) is 0 Å². The van der Waals surface area contributed by atoms with E-state index in [1.807, 2.05) is 19.9 Å². The molecule has 0 aliphatic carbocycles. The van der Waals surface area contributed by atoms with Gasteiger partial charge in [-0.2, -0.15) is 0 Å². The van der Waals surface area contributed by atoms with Gasteiger partial charge in [0.25, 0.3) is 0 Å². The lowest BCUT2D eigenvalue weighted by atomic mass is 10.1. The predicted molar refractivity (Wildman–Crippen MR) is 53.9 cm³/mol. The van der Waals surface area contributed by atoms with Gasteiger partial charge in [0.1, 0.15) is 6.54 Å². The number of hydrogen-bond donors (Lipinski definition) is 2. The molecular formula is C10H17NO3. The number of aliphatic carboxylic acids is 1. The number of amides is 1. The van der Waals surface area contributed by atoms with Crippen LogP contribution >= 0.6 is 0 Å². The van der Waals surface area contributed by atoms with E-state index in [0.29, 0.717) is 12.0 Å². The molecular weight excluding hydrogens is 182 g/mol. The minimum Gasteiger partial charge on any atom is -0.480 e. The highest BCUT2D eigenvalue weighted by Crippen LogP contribution is 2.05. The van der Waals surface area contributed by atoms with Crippen LogP contribution in [0.2, 0.25) is 0 Å². The van der Waals surface area contributed by atoms with Gasteiger partial charge < -0.3 is 10.4 Å². The standard InChI is InChI=1S/C10H17NO3/c1-3-5-8(6-4-2)10(14)11-7-9(12)13/h5H,3-4,6-7H2,1-2H3,(H,11,14)(H,12,13)/b8-5+. The van der Waals surface area contributed by atoms with E-state index in [1.165, 1.54) is 0 Å². The molecule has 0 aliphatic heterocycles. The Morgan fingerprint density at radius 3 is 2.43 bits per heavy atom. The molecule has 0 spiro atoms. The predicted octanol–water partition coefficient (Wildman–Crippen LogP) is 1.32. The van der Waals surface area contributed by atoms with Crippen molar-refractivity contribution in [3.05, 3.63) is 11.6 Å². The Labute approximate surface area is 84.0 Å². The number of nitrogens with one attached hydrogen (secondary N) is 1. The molecule has 4 heteroatoms. The first-order valence-electron chi connectivity index (χ1n) is 4.80. The second-order valence-electron chi connectivity index (χ2n) is 2.96. The van der Waals surface area contributed by atoms with Crippen molar-refractivity contribution in [2.75, 3.05) is 6.54 Å². The third-order valence-corrected chi connectivity index (χ3v) is 1.66. The van der Waals surface area contributed by atoms with Gasteiger partial charge in [-0.25, -0.2) is 0 Å². The lowest BCUT2D eigenvalue weighted by Gasteiger charge is -2.05. The van der Waals surface area contributed by atoms with E-state index in [0.717, 1.165) is 12.8 Å². The first-order chi connectivity index (χ1) is 6.61. The molecule has 0 aliphatic rings. The van der Waals surface area contributed by atoms with Crippen LogP contribution in [0.4, 0.5) is 0 Å². The Morgan fingerprint density at radius 1 is 1.36 bits per heavy atom. The topological polar surface area (TPSA) is 66.4 Å². The summed E-state index contributed by atoms with van der Waals surface area (Å²) in [7, 11) is 0. The van der Waals surface area contributed by atoms with Gasteiger partial charge in [-0.15, -0.1) is 0 Å². The summed E-state index contributed by atoms with van der Waals surface area (Å²) in [6, 6.07) is 0. The number of rotatable bonds is 6. The maximum Gasteiger partial charge on any atom is 0.322 e. The number of carbonyl (C=O) groups is 2. The average Bonchev–Trinajstić information content (AvgIpc) is 2.14. The van der Waals surface area contributed by atoms with Gasteiger partial charge in [0, 0.05) is 5.57 Å². The fourth-order valence-electron chi connectivity index (χ4n) is 1.09. The van der Waals surface area contributed by atoms with E-state index < -0.39 is 5.97 Å². The molecule has 0 saturated heterocycles. The highest BCUT2D eigenvalue weighted by Gasteiger charge is 2.08. The maximum atomic E-state index is 11.4. The molecule has 0 heterocycles. The van der Waals surface area contributed by atoms with Gasteiger partial charge in [-0.3, -0.25) is 9.59 Å². The van der Waals surface area contributed by atoms with Crippen molar-refractivity contribution in [2.24, 2.45) is 0 Å². The van der Waals surface area contributed by atoms with Gasteiger partial charge in [0.15, 0.2) is 0 Å². The van der Waals surface area contributed by atoms with Crippen LogP contribution in [0.25, 0.3) is 0 Å². The van der Waals surface area contributed by atoms with Crippen molar-refractivity contribution >= 4 is 11.9 Å². The SMILES string of the molecule is CC/C=C(\CCC)C(=O)NCC(=O)O. The van der Waals surface area contributed by atoms with Crippen LogP contribution in [0.1, 0.15) is 33.1 Å². The van der Waals surface area contributed by atoms with Crippen LogP contribution in [-0.2, 0) is 9.59 Å². The summed E-state index contributed by atoms with van der Waals surface area (Å²) >= 11 is 0. The zero-order valence-corrected chi connectivity index (χ0v) is 8.67. The van der Waals surface area contributed by atoms with Crippen molar-refractivity contribution in [2.45, 2.75) is 33.1 Å². The van der Waals surface area contributed by atoms with Crippen molar-refractivity contribution < 1.29 is 14.7 Å². The molecule has 4 nitrogen and oxygen atoms in total. The largest absolute Gasteiger partial charge is 0.480 e.